The van der Waals surface area contributed by atoms with Gasteiger partial charge in [0.05, 0.1) is 18.1 Å². The number of carbonyl (C=O) groups is 2. The van der Waals surface area contributed by atoms with E-state index in [-0.39, 0.29) is 47.5 Å². The maximum atomic E-state index is 13.2. The average molecular weight is 406 g/mol. The summed E-state index contributed by atoms with van der Waals surface area (Å²) in [5.74, 6) is -0.261. The minimum absolute atomic E-state index is 0.0173. The van der Waals surface area contributed by atoms with Crippen LogP contribution in [0.25, 0.3) is 0 Å². The largest absolute Gasteiger partial charge is 0.457 e. The molecule has 3 rings (SSSR count). The normalized spacial score (nSPS) is 28.4. The first kappa shape index (κ1) is 21.3. The molecule has 0 spiro atoms. The number of nitrogens with zero attached hydrogens (tertiary/aromatic N) is 1. The van der Waals surface area contributed by atoms with E-state index in [1.54, 1.807) is 11.0 Å². The van der Waals surface area contributed by atoms with E-state index in [1.807, 2.05) is 6.92 Å². The highest BCUT2D eigenvalue weighted by Crippen LogP contribution is 2.53. The Morgan fingerprint density at radius 3 is 2.64 bits per heavy atom. The van der Waals surface area contributed by atoms with Crippen molar-refractivity contribution < 1.29 is 18.8 Å². The van der Waals surface area contributed by atoms with Gasteiger partial charge in [0.15, 0.2) is 8.32 Å². The van der Waals surface area contributed by atoms with Gasteiger partial charge >= 0.3 is 5.97 Å². The summed E-state index contributed by atoms with van der Waals surface area (Å²) in [4.78, 5) is 27.6. The molecule has 2 aliphatic heterocycles. The van der Waals surface area contributed by atoms with Crippen LogP contribution in [-0.4, -0.2) is 43.8 Å². The zero-order valence-corrected chi connectivity index (χ0v) is 19.2. The van der Waals surface area contributed by atoms with Crippen LogP contribution in [0.3, 0.4) is 0 Å². The number of rotatable bonds is 6. The minimum Gasteiger partial charge on any atom is -0.457 e. The molecule has 0 radical (unpaired) electrons. The first-order valence-electron chi connectivity index (χ1n) is 10.5. The monoisotopic (exact) mass is 405 g/mol. The molecule has 5 nitrogen and oxygen atoms in total. The Balaban J connectivity index is 1.83. The van der Waals surface area contributed by atoms with Crippen molar-refractivity contribution in [3.63, 3.8) is 0 Å². The van der Waals surface area contributed by atoms with E-state index in [2.05, 4.69) is 40.4 Å². The Bertz CT molecular complexity index is 706. The fraction of sp³-hybridized carbons (Fsp3) is 0.727. The van der Waals surface area contributed by atoms with Gasteiger partial charge in [-0.1, -0.05) is 39.8 Å². The molecule has 0 aromatic carbocycles. The van der Waals surface area contributed by atoms with Gasteiger partial charge in [-0.15, -0.1) is 0 Å². The third-order valence-electron chi connectivity index (χ3n) is 7.12. The highest BCUT2D eigenvalue weighted by atomic mass is 28.4. The predicted octanol–water partition coefficient (Wildman–Crippen LogP) is 4.41. The SMILES string of the molecule is C=CCOC(=O)C1=C2CCCC[C@@H]2[C@@H]2[C@@H](C(C)O[Si](C)(C)C(C)(C)C)C(=O)N12. The third kappa shape index (κ3) is 3.39. The summed E-state index contributed by atoms with van der Waals surface area (Å²) >= 11 is 0. The van der Waals surface area contributed by atoms with Crippen molar-refractivity contribution in [3.05, 3.63) is 23.9 Å². The molecule has 1 aliphatic carbocycles. The molecule has 0 aromatic heterocycles. The van der Waals surface area contributed by atoms with Gasteiger partial charge < -0.3 is 14.1 Å². The molecule has 28 heavy (non-hydrogen) atoms. The van der Waals surface area contributed by atoms with Gasteiger partial charge in [0, 0.05) is 5.92 Å². The zero-order chi connectivity index (χ0) is 20.9. The standard InChI is InChI=1S/C22H35NO4Si/c1-8-13-26-21(25)19-16-12-10-9-11-15(16)18-17(20(24)23(18)19)14(2)27-28(6,7)22(3,4)5/h8,14-15,17-18H,1,9-13H2,2-7H3/t14?,15-,17+,18+/m0/s1. The maximum Gasteiger partial charge on any atom is 0.355 e. The lowest BCUT2D eigenvalue weighted by atomic mass is 9.72. The van der Waals surface area contributed by atoms with E-state index in [9.17, 15) is 9.59 Å². The highest BCUT2D eigenvalue weighted by molar-refractivity contribution is 6.74. The van der Waals surface area contributed by atoms with Crippen molar-refractivity contribution in [2.24, 2.45) is 11.8 Å². The van der Waals surface area contributed by atoms with E-state index < -0.39 is 8.32 Å². The van der Waals surface area contributed by atoms with Gasteiger partial charge in [0.1, 0.15) is 12.3 Å². The van der Waals surface area contributed by atoms with Gasteiger partial charge in [-0.05, 0) is 49.9 Å². The second-order valence-corrected chi connectivity index (χ2v) is 14.7. The molecule has 4 atom stereocenters. The summed E-state index contributed by atoms with van der Waals surface area (Å²) in [5.41, 5.74) is 1.64. The van der Waals surface area contributed by atoms with Crippen LogP contribution in [-0.2, 0) is 18.8 Å². The number of carbonyl (C=O) groups excluding carboxylic acids is 2. The average Bonchev–Trinajstić information content (AvgIpc) is 2.89. The summed E-state index contributed by atoms with van der Waals surface area (Å²) in [6.07, 6.45) is 5.55. The number of amides is 1. The van der Waals surface area contributed by atoms with E-state index >= 15 is 0 Å². The van der Waals surface area contributed by atoms with Gasteiger partial charge in [-0.25, -0.2) is 4.79 Å². The van der Waals surface area contributed by atoms with Crippen LogP contribution in [0, 0.1) is 11.8 Å². The quantitative estimate of drug-likeness (QED) is 0.284. The van der Waals surface area contributed by atoms with Crippen LogP contribution in [0.1, 0.15) is 53.4 Å². The van der Waals surface area contributed by atoms with Crippen molar-refractivity contribution in [1.82, 2.24) is 4.90 Å². The molecule has 3 aliphatic rings. The van der Waals surface area contributed by atoms with E-state index in [0.717, 1.165) is 31.3 Å². The molecule has 1 unspecified atom stereocenters. The Kier molecular flexibility index (Phi) is 5.67. The molecular formula is C22H35NO4Si. The predicted molar refractivity (Wildman–Crippen MR) is 112 cm³/mol. The van der Waals surface area contributed by atoms with Crippen molar-refractivity contribution in [3.8, 4) is 0 Å². The molecular weight excluding hydrogens is 370 g/mol. The first-order chi connectivity index (χ1) is 13.0. The van der Waals surface area contributed by atoms with E-state index in [0.29, 0.717) is 5.70 Å². The first-order valence-corrected chi connectivity index (χ1v) is 13.4. The maximum absolute atomic E-state index is 13.2. The topological polar surface area (TPSA) is 55.8 Å². The Morgan fingerprint density at radius 2 is 2.04 bits per heavy atom. The molecule has 156 valence electrons. The second-order valence-electron chi connectivity index (χ2n) is 9.92. The molecule has 0 aromatic rings. The van der Waals surface area contributed by atoms with Crippen LogP contribution in [0.15, 0.2) is 23.9 Å². The van der Waals surface area contributed by atoms with Gasteiger partial charge in [-0.3, -0.25) is 4.79 Å². The number of hydrogen-bond acceptors (Lipinski definition) is 4. The lowest BCUT2D eigenvalue weighted by Gasteiger charge is -2.50. The third-order valence-corrected chi connectivity index (χ3v) is 11.7. The molecule has 0 N–H and O–H groups in total. The van der Waals surface area contributed by atoms with Crippen LogP contribution in [0.4, 0.5) is 0 Å². The molecule has 1 saturated carbocycles. The Labute approximate surface area is 170 Å². The van der Waals surface area contributed by atoms with Crippen molar-refractivity contribution in [2.45, 2.75) is 83.7 Å². The number of hydrogen-bond donors (Lipinski definition) is 0. The second kappa shape index (κ2) is 7.45. The van der Waals surface area contributed by atoms with Crippen molar-refractivity contribution in [2.75, 3.05) is 6.61 Å². The molecule has 2 fully saturated rings. The summed E-state index contributed by atoms with van der Waals surface area (Å²) in [5, 5.41) is 0.0946. The molecule has 6 heteroatoms. The van der Waals surface area contributed by atoms with Crippen molar-refractivity contribution in [1.29, 1.82) is 0 Å². The van der Waals surface area contributed by atoms with Crippen LogP contribution in [0.2, 0.25) is 18.1 Å². The van der Waals surface area contributed by atoms with Gasteiger partial charge in [-0.2, -0.15) is 0 Å². The lowest BCUT2D eigenvalue weighted by Crippen LogP contribution is -2.65. The number of esters is 1. The minimum atomic E-state index is -1.97. The smallest absolute Gasteiger partial charge is 0.355 e. The van der Waals surface area contributed by atoms with E-state index in [4.69, 9.17) is 9.16 Å². The summed E-state index contributed by atoms with van der Waals surface area (Å²) in [6.45, 7) is 16.9. The summed E-state index contributed by atoms with van der Waals surface area (Å²) in [6, 6.07) is 0.0499. The fourth-order valence-corrected chi connectivity index (χ4v) is 6.14. The summed E-state index contributed by atoms with van der Waals surface area (Å²) in [7, 11) is -1.97. The molecule has 1 amide bonds. The van der Waals surface area contributed by atoms with E-state index in [1.165, 1.54) is 0 Å². The van der Waals surface area contributed by atoms with Gasteiger partial charge in [0.2, 0.25) is 5.91 Å². The Hall–Kier alpha value is -1.40. The van der Waals surface area contributed by atoms with Crippen LogP contribution >= 0.6 is 0 Å². The number of ether oxygens (including phenoxy) is 1. The van der Waals surface area contributed by atoms with Crippen LogP contribution < -0.4 is 0 Å². The fourth-order valence-electron chi connectivity index (χ4n) is 4.71. The summed E-state index contributed by atoms with van der Waals surface area (Å²) < 4.78 is 11.9. The molecule has 0 bridgehead atoms. The number of β-lactam (4-membered cyclic amide) rings is 1. The van der Waals surface area contributed by atoms with Crippen molar-refractivity contribution >= 4 is 20.2 Å². The van der Waals surface area contributed by atoms with Crippen LogP contribution in [0.5, 0.6) is 0 Å². The zero-order valence-electron chi connectivity index (χ0n) is 18.2. The lowest BCUT2D eigenvalue weighted by molar-refractivity contribution is -0.163. The molecule has 1 saturated heterocycles. The Morgan fingerprint density at radius 1 is 1.36 bits per heavy atom. The van der Waals surface area contributed by atoms with Gasteiger partial charge in [0.25, 0.3) is 0 Å². The molecule has 2 heterocycles. The number of fused-ring (bicyclic) bond motifs is 3. The highest BCUT2D eigenvalue weighted by Gasteiger charge is 2.62.